The molecule has 1 aromatic heterocycles. The van der Waals surface area contributed by atoms with E-state index in [4.69, 9.17) is 4.74 Å². The van der Waals surface area contributed by atoms with Crippen molar-refractivity contribution in [2.75, 3.05) is 11.9 Å². The summed E-state index contributed by atoms with van der Waals surface area (Å²) < 4.78 is 6.73. The summed E-state index contributed by atoms with van der Waals surface area (Å²) in [5, 5.41) is 10.0. The summed E-state index contributed by atoms with van der Waals surface area (Å²) in [4.78, 5) is 8.54. The largest absolute Gasteiger partial charge is 0.357 e. The minimum absolute atomic E-state index is 0.109. The van der Waals surface area contributed by atoms with Crippen molar-refractivity contribution in [2.24, 2.45) is 5.10 Å². The monoisotopic (exact) mass is 353 g/mol. The molecule has 3 atom stereocenters. The second-order valence-corrected chi connectivity index (χ2v) is 6.25. The van der Waals surface area contributed by atoms with Gasteiger partial charge in [0.25, 0.3) is 0 Å². The van der Waals surface area contributed by atoms with Crippen molar-refractivity contribution in [2.45, 2.75) is 50.9 Å². The molecule has 1 aromatic rings. The highest BCUT2D eigenvalue weighted by Gasteiger charge is 2.35. The third-order valence-corrected chi connectivity index (χ3v) is 4.31. The van der Waals surface area contributed by atoms with E-state index < -0.39 is 0 Å². The Balaban J connectivity index is 1.66. The second kappa shape index (κ2) is 6.70. The van der Waals surface area contributed by atoms with Crippen LogP contribution in [-0.2, 0) is 4.74 Å². The van der Waals surface area contributed by atoms with Crippen molar-refractivity contribution in [3.8, 4) is 0 Å². The SMILES string of the molecule is CCC1C(Nc2ncc(Br)cn2)C=NN1C1CCCCO1. The third-order valence-electron chi connectivity index (χ3n) is 3.90. The Bertz CT molecular complexity index is 489. The van der Waals surface area contributed by atoms with E-state index >= 15 is 0 Å². The van der Waals surface area contributed by atoms with Crippen molar-refractivity contribution in [1.82, 2.24) is 15.0 Å². The van der Waals surface area contributed by atoms with Crippen LogP contribution in [0.4, 0.5) is 5.95 Å². The van der Waals surface area contributed by atoms with E-state index in [1.54, 1.807) is 12.4 Å². The van der Waals surface area contributed by atoms with Crippen LogP contribution in [0.15, 0.2) is 22.0 Å². The van der Waals surface area contributed by atoms with E-state index in [0.717, 1.165) is 30.3 Å². The maximum absolute atomic E-state index is 5.86. The number of anilines is 1. The van der Waals surface area contributed by atoms with E-state index in [1.165, 1.54) is 6.42 Å². The number of ether oxygens (including phenoxy) is 1. The summed E-state index contributed by atoms with van der Waals surface area (Å²) in [6.45, 7) is 3.01. The van der Waals surface area contributed by atoms with Crippen LogP contribution in [0.5, 0.6) is 0 Å². The molecule has 114 valence electrons. The highest BCUT2D eigenvalue weighted by molar-refractivity contribution is 9.10. The van der Waals surface area contributed by atoms with Crippen LogP contribution in [0.2, 0.25) is 0 Å². The molecule has 3 unspecified atom stereocenters. The molecule has 2 aliphatic rings. The van der Waals surface area contributed by atoms with Gasteiger partial charge in [-0.3, -0.25) is 5.01 Å². The number of aromatic nitrogens is 2. The lowest BCUT2D eigenvalue weighted by atomic mass is 10.1. The molecular formula is C14H20BrN5O. The molecule has 2 aliphatic heterocycles. The maximum Gasteiger partial charge on any atom is 0.223 e. The summed E-state index contributed by atoms with van der Waals surface area (Å²) in [6, 6.07) is 0.391. The van der Waals surface area contributed by atoms with E-state index in [0.29, 0.717) is 5.95 Å². The summed E-state index contributed by atoms with van der Waals surface area (Å²) >= 11 is 3.34. The average molecular weight is 354 g/mol. The minimum atomic E-state index is 0.109. The topological polar surface area (TPSA) is 62.6 Å². The molecule has 6 nitrogen and oxygen atoms in total. The second-order valence-electron chi connectivity index (χ2n) is 5.34. The first kappa shape index (κ1) is 14.7. The summed E-state index contributed by atoms with van der Waals surface area (Å²) in [5.74, 6) is 0.625. The lowest BCUT2D eigenvalue weighted by Crippen LogP contribution is -2.46. The van der Waals surface area contributed by atoms with Gasteiger partial charge in [0.15, 0.2) is 0 Å². The number of hydrogen-bond acceptors (Lipinski definition) is 6. The molecule has 21 heavy (non-hydrogen) atoms. The van der Waals surface area contributed by atoms with Gasteiger partial charge >= 0.3 is 0 Å². The Kier molecular flexibility index (Phi) is 4.70. The standard InChI is InChI=1S/C14H20BrN5O/c1-2-12-11(19-14-16-7-10(15)8-17-14)9-18-20(12)13-5-3-4-6-21-13/h7-9,11-13H,2-6H2,1H3,(H,16,17,19). The average Bonchev–Trinajstić information content (AvgIpc) is 2.93. The van der Waals surface area contributed by atoms with Crippen molar-refractivity contribution in [1.29, 1.82) is 0 Å². The Hall–Kier alpha value is -1.21. The zero-order valence-corrected chi connectivity index (χ0v) is 13.7. The van der Waals surface area contributed by atoms with Gasteiger partial charge in [0.05, 0.1) is 16.6 Å². The van der Waals surface area contributed by atoms with Crippen LogP contribution in [0.25, 0.3) is 0 Å². The molecule has 0 saturated carbocycles. The van der Waals surface area contributed by atoms with Crippen LogP contribution >= 0.6 is 15.9 Å². The predicted octanol–water partition coefficient (Wildman–Crippen LogP) is 2.63. The fourth-order valence-electron chi connectivity index (χ4n) is 2.83. The Morgan fingerprint density at radius 1 is 1.38 bits per heavy atom. The molecule has 3 heterocycles. The molecular weight excluding hydrogens is 334 g/mol. The number of rotatable bonds is 4. The minimum Gasteiger partial charge on any atom is -0.357 e. The van der Waals surface area contributed by atoms with Gasteiger partial charge in [0.1, 0.15) is 6.23 Å². The van der Waals surface area contributed by atoms with Crippen LogP contribution in [-0.4, -0.2) is 46.1 Å². The predicted molar refractivity (Wildman–Crippen MR) is 85.1 cm³/mol. The van der Waals surface area contributed by atoms with Crippen LogP contribution in [0.3, 0.4) is 0 Å². The number of nitrogens with zero attached hydrogens (tertiary/aromatic N) is 4. The first-order chi connectivity index (χ1) is 10.3. The molecule has 0 aromatic carbocycles. The Labute approximate surface area is 133 Å². The third kappa shape index (κ3) is 3.35. The van der Waals surface area contributed by atoms with Gasteiger partial charge in [0.2, 0.25) is 5.95 Å². The molecule has 7 heteroatoms. The zero-order chi connectivity index (χ0) is 14.7. The highest BCUT2D eigenvalue weighted by Crippen LogP contribution is 2.26. The molecule has 1 N–H and O–H groups in total. The lowest BCUT2D eigenvalue weighted by Gasteiger charge is -2.35. The molecule has 0 amide bonds. The van der Waals surface area contributed by atoms with Crippen molar-refractivity contribution < 1.29 is 4.74 Å². The number of nitrogens with one attached hydrogen (secondary N) is 1. The molecule has 0 bridgehead atoms. The van der Waals surface area contributed by atoms with Gasteiger partial charge in [-0.25, -0.2) is 9.97 Å². The molecule has 0 radical (unpaired) electrons. The van der Waals surface area contributed by atoms with Crippen LogP contribution in [0, 0.1) is 0 Å². The summed E-state index contributed by atoms with van der Waals surface area (Å²) in [6.07, 6.45) is 9.94. The Morgan fingerprint density at radius 3 is 2.86 bits per heavy atom. The summed E-state index contributed by atoms with van der Waals surface area (Å²) in [7, 11) is 0. The van der Waals surface area contributed by atoms with Gasteiger partial charge in [-0.1, -0.05) is 6.92 Å². The number of halogens is 1. The van der Waals surface area contributed by atoms with Gasteiger partial charge in [-0.15, -0.1) is 0 Å². The number of hydrogen-bond donors (Lipinski definition) is 1. The highest BCUT2D eigenvalue weighted by atomic mass is 79.9. The van der Waals surface area contributed by atoms with Gasteiger partial charge in [-0.05, 0) is 41.6 Å². The quantitative estimate of drug-likeness (QED) is 0.901. The van der Waals surface area contributed by atoms with Crippen LogP contribution in [0.1, 0.15) is 32.6 Å². The first-order valence-corrected chi connectivity index (χ1v) is 8.25. The van der Waals surface area contributed by atoms with E-state index in [2.05, 4.69) is 48.2 Å². The molecule has 1 fully saturated rings. The summed E-state index contributed by atoms with van der Waals surface area (Å²) in [5.41, 5.74) is 0. The molecule has 1 saturated heterocycles. The van der Waals surface area contributed by atoms with Gasteiger partial charge in [0, 0.05) is 25.2 Å². The Morgan fingerprint density at radius 2 is 2.19 bits per heavy atom. The van der Waals surface area contributed by atoms with E-state index in [1.807, 2.05) is 6.21 Å². The fourth-order valence-corrected chi connectivity index (χ4v) is 3.03. The van der Waals surface area contributed by atoms with Crippen molar-refractivity contribution in [3.63, 3.8) is 0 Å². The fraction of sp³-hybridized carbons (Fsp3) is 0.643. The normalized spacial score (nSPS) is 28.9. The van der Waals surface area contributed by atoms with Crippen LogP contribution < -0.4 is 5.32 Å². The zero-order valence-electron chi connectivity index (χ0n) is 12.1. The molecule has 0 spiro atoms. The lowest BCUT2D eigenvalue weighted by molar-refractivity contribution is -0.0980. The van der Waals surface area contributed by atoms with Crippen molar-refractivity contribution >= 4 is 28.1 Å². The number of hydrazone groups is 1. The smallest absolute Gasteiger partial charge is 0.223 e. The van der Waals surface area contributed by atoms with Gasteiger partial charge in [-0.2, -0.15) is 5.10 Å². The van der Waals surface area contributed by atoms with E-state index in [-0.39, 0.29) is 18.3 Å². The van der Waals surface area contributed by atoms with Gasteiger partial charge < -0.3 is 10.1 Å². The first-order valence-electron chi connectivity index (χ1n) is 7.46. The molecule has 0 aliphatic carbocycles. The van der Waals surface area contributed by atoms with Crippen molar-refractivity contribution in [3.05, 3.63) is 16.9 Å². The molecule has 3 rings (SSSR count). The van der Waals surface area contributed by atoms with E-state index in [9.17, 15) is 0 Å². The maximum atomic E-state index is 5.86.